The molecule has 168 valence electrons. The van der Waals surface area contributed by atoms with E-state index in [4.69, 9.17) is 9.47 Å². The quantitative estimate of drug-likeness (QED) is 0.283. The van der Waals surface area contributed by atoms with Crippen LogP contribution in [-0.2, 0) is 15.0 Å². The van der Waals surface area contributed by atoms with Crippen molar-refractivity contribution in [3.63, 3.8) is 0 Å². The fraction of sp³-hybridized carbons (Fsp3) is 0.357. The van der Waals surface area contributed by atoms with Gasteiger partial charge in [0.1, 0.15) is 11.5 Å². The predicted molar refractivity (Wildman–Crippen MR) is 127 cm³/mol. The summed E-state index contributed by atoms with van der Waals surface area (Å²) in [5.41, 5.74) is 3.02. The van der Waals surface area contributed by atoms with E-state index in [2.05, 4.69) is 44.3 Å². The second-order valence-corrected chi connectivity index (χ2v) is 8.82. The Morgan fingerprint density at radius 3 is 1.50 bits per heavy atom. The molecule has 32 heavy (non-hydrogen) atoms. The van der Waals surface area contributed by atoms with Crippen molar-refractivity contribution in [2.24, 2.45) is 5.92 Å². The molecule has 0 aliphatic heterocycles. The largest absolute Gasteiger partial charge is 0.423 e. The average Bonchev–Trinajstić information content (AvgIpc) is 2.80. The zero-order valence-corrected chi connectivity index (χ0v) is 19.3. The number of hydrogen-bond acceptors (Lipinski definition) is 4. The van der Waals surface area contributed by atoms with Crippen LogP contribution in [0.25, 0.3) is 0 Å². The monoisotopic (exact) mass is 432 g/mol. The highest BCUT2D eigenvalue weighted by atomic mass is 16.5. The highest BCUT2D eigenvalue weighted by Crippen LogP contribution is 2.47. The van der Waals surface area contributed by atoms with Gasteiger partial charge in [0.25, 0.3) is 0 Å². The third-order valence-corrected chi connectivity index (χ3v) is 6.47. The smallest absolute Gasteiger partial charge is 0.338 e. The summed E-state index contributed by atoms with van der Waals surface area (Å²) in [5.74, 6) is 0.934. The number of benzene rings is 2. The van der Waals surface area contributed by atoms with E-state index in [0.717, 1.165) is 31.6 Å². The normalized spacial score (nSPS) is 15.6. The van der Waals surface area contributed by atoms with E-state index in [1.165, 1.54) is 17.5 Å². The van der Waals surface area contributed by atoms with Crippen LogP contribution < -0.4 is 9.47 Å². The molecule has 2 aromatic rings. The Hall–Kier alpha value is -3.14. The van der Waals surface area contributed by atoms with Crippen molar-refractivity contribution >= 4 is 11.9 Å². The van der Waals surface area contributed by atoms with E-state index in [1.54, 1.807) is 13.8 Å². The molecule has 0 spiro atoms. The van der Waals surface area contributed by atoms with Gasteiger partial charge in [-0.15, -0.1) is 0 Å². The first-order valence-electron chi connectivity index (χ1n) is 11.2. The summed E-state index contributed by atoms with van der Waals surface area (Å²) in [6.07, 6.45) is 5.61. The van der Waals surface area contributed by atoms with Gasteiger partial charge in [-0.05, 0) is 80.8 Å². The van der Waals surface area contributed by atoms with Crippen LogP contribution >= 0.6 is 0 Å². The first-order chi connectivity index (χ1) is 15.2. The van der Waals surface area contributed by atoms with Gasteiger partial charge in [-0.1, -0.05) is 50.8 Å². The molecule has 0 radical (unpaired) electrons. The van der Waals surface area contributed by atoms with Crippen molar-refractivity contribution in [2.75, 3.05) is 0 Å². The molecule has 0 aromatic heterocycles. The molecule has 0 bridgehead atoms. The lowest BCUT2D eigenvalue weighted by Gasteiger charge is -2.41. The van der Waals surface area contributed by atoms with Crippen LogP contribution in [0.2, 0.25) is 0 Å². The molecule has 1 aliphatic carbocycles. The molecule has 0 N–H and O–H groups in total. The van der Waals surface area contributed by atoms with Crippen LogP contribution in [0.3, 0.4) is 0 Å². The lowest BCUT2D eigenvalue weighted by atomic mass is 9.63. The number of rotatable bonds is 7. The van der Waals surface area contributed by atoms with Gasteiger partial charge in [-0.2, -0.15) is 0 Å². The number of ether oxygens (including phenoxy) is 2. The predicted octanol–water partition coefficient (Wildman–Crippen LogP) is 6.54. The maximum Gasteiger partial charge on any atom is 0.338 e. The second-order valence-electron chi connectivity index (χ2n) is 8.82. The minimum atomic E-state index is -0.421. The molecule has 3 rings (SSSR count). The van der Waals surface area contributed by atoms with E-state index < -0.39 is 11.9 Å². The first kappa shape index (κ1) is 23.5. The van der Waals surface area contributed by atoms with Gasteiger partial charge in [0.05, 0.1) is 0 Å². The van der Waals surface area contributed by atoms with E-state index >= 15 is 0 Å². The van der Waals surface area contributed by atoms with Gasteiger partial charge in [0.15, 0.2) is 0 Å². The third-order valence-electron chi connectivity index (χ3n) is 6.47. The van der Waals surface area contributed by atoms with Crippen LogP contribution in [0, 0.1) is 5.92 Å². The molecule has 4 heteroatoms. The Balaban J connectivity index is 1.90. The van der Waals surface area contributed by atoms with Gasteiger partial charge in [0.2, 0.25) is 0 Å². The summed E-state index contributed by atoms with van der Waals surface area (Å²) in [5, 5.41) is 0. The summed E-state index contributed by atoms with van der Waals surface area (Å²) >= 11 is 0. The molecule has 0 saturated heterocycles. The van der Waals surface area contributed by atoms with Crippen LogP contribution in [0.4, 0.5) is 0 Å². The molecule has 1 saturated carbocycles. The Morgan fingerprint density at radius 1 is 0.812 bits per heavy atom. The lowest BCUT2D eigenvalue weighted by molar-refractivity contribution is -0.130. The summed E-state index contributed by atoms with van der Waals surface area (Å²) in [7, 11) is 0. The topological polar surface area (TPSA) is 52.6 Å². The fourth-order valence-corrected chi connectivity index (χ4v) is 4.39. The maximum absolute atomic E-state index is 11.8. The molecule has 0 atom stereocenters. The number of carbonyl (C=O) groups is 2. The van der Waals surface area contributed by atoms with Crippen LogP contribution in [0.5, 0.6) is 11.5 Å². The molecule has 0 heterocycles. The first-order valence-corrected chi connectivity index (χ1v) is 11.2. The molecule has 1 fully saturated rings. The molecule has 1 aliphatic rings. The summed E-state index contributed by atoms with van der Waals surface area (Å²) in [4.78, 5) is 23.7. The van der Waals surface area contributed by atoms with Crippen molar-refractivity contribution in [2.45, 2.75) is 58.3 Å². The van der Waals surface area contributed by atoms with Gasteiger partial charge in [-0.3, -0.25) is 0 Å². The molecule has 0 amide bonds. The fourth-order valence-electron chi connectivity index (χ4n) is 4.39. The second kappa shape index (κ2) is 9.99. The Kier molecular flexibility index (Phi) is 7.34. The summed E-state index contributed by atoms with van der Waals surface area (Å²) < 4.78 is 10.7. The van der Waals surface area contributed by atoms with Crippen molar-refractivity contribution in [3.8, 4) is 11.5 Å². The Labute approximate surface area is 190 Å². The molecule has 0 unspecified atom stereocenters. The SMILES string of the molecule is C=C(C)C(=O)Oc1ccc(C2(c3ccc(OC(=O)C(=C)C)cc3)CCC(CC)CC2)cc1. The zero-order valence-electron chi connectivity index (χ0n) is 19.3. The van der Waals surface area contributed by atoms with Gasteiger partial charge in [-0.25, -0.2) is 9.59 Å². The molecular formula is C28H32O4. The van der Waals surface area contributed by atoms with Gasteiger partial charge >= 0.3 is 11.9 Å². The van der Waals surface area contributed by atoms with Crippen LogP contribution in [0.1, 0.15) is 64.0 Å². The van der Waals surface area contributed by atoms with E-state index in [1.807, 2.05) is 24.3 Å². The van der Waals surface area contributed by atoms with Gasteiger partial charge in [0, 0.05) is 16.6 Å². The van der Waals surface area contributed by atoms with E-state index in [0.29, 0.717) is 22.6 Å². The van der Waals surface area contributed by atoms with Crippen molar-refractivity contribution in [3.05, 3.63) is 84.0 Å². The van der Waals surface area contributed by atoms with Gasteiger partial charge < -0.3 is 9.47 Å². The summed E-state index contributed by atoms with van der Waals surface area (Å²) in [6, 6.07) is 15.6. The lowest BCUT2D eigenvalue weighted by Crippen LogP contribution is -2.33. The van der Waals surface area contributed by atoms with Crippen LogP contribution in [-0.4, -0.2) is 11.9 Å². The van der Waals surface area contributed by atoms with Crippen LogP contribution in [0.15, 0.2) is 72.8 Å². The number of hydrogen-bond donors (Lipinski definition) is 0. The molecular weight excluding hydrogens is 400 g/mol. The minimum absolute atomic E-state index is 0.126. The highest BCUT2D eigenvalue weighted by molar-refractivity contribution is 5.89. The summed E-state index contributed by atoms with van der Waals surface area (Å²) in [6.45, 7) is 12.8. The van der Waals surface area contributed by atoms with E-state index in [9.17, 15) is 9.59 Å². The Bertz CT molecular complexity index is 917. The van der Waals surface area contributed by atoms with Crippen molar-refractivity contribution in [1.82, 2.24) is 0 Å². The molecule has 4 nitrogen and oxygen atoms in total. The highest BCUT2D eigenvalue weighted by Gasteiger charge is 2.38. The standard InChI is InChI=1S/C28H32O4/c1-6-21-15-17-28(18-16-21,22-7-11-24(12-8-22)31-26(29)19(2)3)23-9-13-25(14-10-23)32-27(30)20(4)5/h7-14,21H,2,4,6,15-18H2,1,3,5H3. The number of carbonyl (C=O) groups excluding carboxylic acids is 2. The van der Waals surface area contributed by atoms with Crippen molar-refractivity contribution in [1.29, 1.82) is 0 Å². The average molecular weight is 433 g/mol. The molecule has 2 aromatic carbocycles. The zero-order chi connectivity index (χ0) is 23.3. The van der Waals surface area contributed by atoms with E-state index in [-0.39, 0.29) is 5.41 Å². The number of esters is 2. The minimum Gasteiger partial charge on any atom is -0.423 e. The Morgan fingerprint density at radius 2 is 1.19 bits per heavy atom. The maximum atomic E-state index is 11.8. The van der Waals surface area contributed by atoms with Crippen molar-refractivity contribution < 1.29 is 19.1 Å². The third kappa shape index (κ3) is 5.18.